The molecule has 0 aromatic heterocycles. The number of para-hydroxylation sites is 1. The second-order valence-corrected chi connectivity index (χ2v) is 14.0. The van der Waals surface area contributed by atoms with Crippen LogP contribution in [0.25, 0.3) is 0 Å². The molecule has 2 bridgehead atoms. The number of nitrogens with zero attached hydrogens (tertiary/aromatic N) is 1. The van der Waals surface area contributed by atoms with Gasteiger partial charge in [-0.3, -0.25) is 0 Å². The van der Waals surface area contributed by atoms with Crippen LogP contribution in [-0.2, 0) is 14.0 Å². The minimum atomic E-state index is -2.18. The van der Waals surface area contributed by atoms with Gasteiger partial charge in [0, 0.05) is 18.9 Å². The van der Waals surface area contributed by atoms with Crippen molar-refractivity contribution in [2.24, 2.45) is 5.92 Å². The predicted octanol–water partition coefficient (Wildman–Crippen LogP) is 4.89. The van der Waals surface area contributed by atoms with Crippen molar-refractivity contribution in [2.45, 2.75) is 51.4 Å². The van der Waals surface area contributed by atoms with Crippen LogP contribution in [-0.4, -0.2) is 45.0 Å². The highest BCUT2D eigenvalue weighted by molar-refractivity contribution is 6.74. The van der Waals surface area contributed by atoms with Crippen molar-refractivity contribution in [3.8, 4) is 5.75 Å². The van der Waals surface area contributed by atoms with Crippen LogP contribution in [0.1, 0.15) is 27.2 Å². The first kappa shape index (κ1) is 22.1. The molecule has 2 atom stereocenters. The van der Waals surface area contributed by atoms with E-state index in [0.717, 1.165) is 0 Å². The number of amides is 1. The molecular weight excluding hydrogens is 398 g/mol. The van der Waals surface area contributed by atoms with Gasteiger partial charge in [0.15, 0.2) is 0 Å². The van der Waals surface area contributed by atoms with Crippen molar-refractivity contribution in [1.82, 2.24) is 4.90 Å². The number of fused-ring (bicyclic) bond motifs is 2. The zero-order valence-corrected chi connectivity index (χ0v) is 19.6. The molecule has 1 amide bonds. The molecule has 3 aliphatic rings. The van der Waals surface area contributed by atoms with Crippen LogP contribution in [0.2, 0.25) is 18.1 Å². The minimum Gasteiger partial charge on any atom is -0.546 e. The fraction of sp³-hybridized carbons (Fsp3) is 0.478. The highest BCUT2D eigenvalue weighted by Crippen LogP contribution is 2.42. The van der Waals surface area contributed by atoms with E-state index in [1.165, 1.54) is 7.11 Å². The van der Waals surface area contributed by atoms with Gasteiger partial charge in [-0.2, -0.15) is 0 Å². The summed E-state index contributed by atoms with van der Waals surface area (Å²) < 4.78 is 17.2. The van der Waals surface area contributed by atoms with Crippen LogP contribution >= 0.6 is 0 Å². The number of hydrogen-bond acceptors (Lipinski definition) is 5. The summed E-state index contributed by atoms with van der Waals surface area (Å²) in [6.45, 7) is 11.1. The Balaban J connectivity index is 1.90. The number of carbonyl (C=O) groups excluding carboxylic acids is 2. The monoisotopic (exact) mass is 429 g/mol. The molecule has 0 saturated carbocycles. The summed E-state index contributed by atoms with van der Waals surface area (Å²) >= 11 is 0. The Labute approximate surface area is 179 Å². The van der Waals surface area contributed by atoms with Crippen LogP contribution < -0.4 is 4.74 Å². The zero-order valence-electron chi connectivity index (χ0n) is 18.6. The Morgan fingerprint density at radius 3 is 2.37 bits per heavy atom. The van der Waals surface area contributed by atoms with Gasteiger partial charge in [0.1, 0.15) is 5.75 Å². The Hall–Kier alpha value is -2.54. The van der Waals surface area contributed by atoms with Gasteiger partial charge in [-0.25, -0.2) is 9.59 Å². The van der Waals surface area contributed by atoms with Gasteiger partial charge in [0.2, 0.25) is 8.32 Å². The quantitative estimate of drug-likeness (QED) is 0.387. The maximum atomic E-state index is 12.9. The molecule has 0 radical (unpaired) electrons. The SMILES string of the molecule is COC(=O)C1=C(O[Si](C)(C)C(C)(C)C)CC2C=CC1CN2C(=O)Oc1ccccc1. The second-order valence-electron chi connectivity index (χ2n) is 9.29. The molecular formula is C23H31NO5Si. The van der Waals surface area contributed by atoms with E-state index < -0.39 is 20.4 Å². The lowest BCUT2D eigenvalue weighted by Gasteiger charge is -2.38. The molecule has 6 nitrogen and oxygen atoms in total. The number of benzene rings is 1. The number of esters is 1. The smallest absolute Gasteiger partial charge is 0.415 e. The first-order valence-corrected chi connectivity index (χ1v) is 13.2. The van der Waals surface area contributed by atoms with E-state index >= 15 is 0 Å². The van der Waals surface area contributed by atoms with Gasteiger partial charge in [-0.15, -0.1) is 0 Å². The number of ether oxygens (including phenoxy) is 2. The van der Waals surface area contributed by atoms with Gasteiger partial charge in [-0.05, 0) is 30.3 Å². The third-order valence-electron chi connectivity index (χ3n) is 6.20. The molecule has 1 aromatic carbocycles. The van der Waals surface area contributed by atoms with E-state index in [0.29, 0.717) is 30.0 Å². The molecule has 2 aliphatic heterocycles. The van der Waals surface area contributed by atoms with Crippen LogP contribution in [0.4, 0.5) is 4.79 Å². The Morgan fingerprint density at radius 2 is 1.77 bits per heavy atom. The highest BCUT2D eigenvalue weighted by atomic mass is 28.4. The van der Waals surface area contributed by atoms with E-state index in [4.69, 9.17) is 13.9 Å². The standard InChI is InChI=1S/C23H31NO5Si/c1-23(2,3)30(5,6)29-19-14-17-13-12-16(20(19)21(25)27-4)15-24(17)22(26)28-18-10-8-7-9-11-18/h7-13,16-17H,14-15H2,1-6H3. The number of rotatable bonds is 4. The molecule has 0 saturated heterocycles. The van der Waals surface area contributed by atoms with Gasteiger partial charge in [0.25, 0.3) is 0 Å². The van der Waals surface area contributed by atoms with Crippen molar-refractivity contribution in [3.05, 3.63) is 53.8 Å². The maximum absolute atomic E-state index is 12.9. The van der Waals surface area contributed by atoms with Gasteiger partial charge >= 0.3 is 12.1 Å². The van der Waals surface area contributed by atoms with Crippen molar-refractivity contribution >= 4 is 20.4 Å². The average Bonchev–Trinajstić information content (AvgIpc) is 2.93. The van der Waals surface area contributed by atoms with Crippen LogP contribution in [0, 0.1) is 5.92 Å². The van der Waals surface area contributed by atoms with Crippen LogP contribution in [0.5, 0.6) is 5.75 Å². The molecule has 0 N–H and O–H groups in total. The number of carbonyl (C=O) groups is 2. The third-order valence-corrected chi connectivity index (χ3v) is 10.6. The largest absolute Gasteiger partial charge is 0.546 e. The van der Waals surface area contributed by atoms with E-state index in [2.05, 4.69) is 33.9 Å². The van der Waals surface area contributed by atoms with Crippen molar-refractivity contribution in [2.75, 3.05) is 13.7 Å². The lowest BCUT2D eigenvalue weighted by Crippen LogP contribution is -2.45. The highest BCUT2D eigenvalue weighted by Gasteiger charge is 2.44. The second kappa shape index (κ2) is 8.30. The lowest BCUT2D eigenvalue weighted by atomic mass is 9.96. The van der Waals surface area contributed by atoms with Crippen LogP contribution in [0.15, 0.2) is 53.8 Å². The summed E-state index contributed by atoms with van der Waals surface area (Å²) in [6.07, 6.45) is 3.93. The first-order chi connectivity index (χ1) is 14.0. The van der Waals surface area contributed by atoms with Gasteiger partial charge in [-0.1, -0.05) is 51.1 Å². The molecule has 4 rings (SSSR count). The molecule has 7 heteroatoms. The summed E-state index contributed by atoms with van der Waals surface area (Å²) in [5.41, 5.74) is 0.510. The van der Waals surface area contributed by atoms with Crippen molar-refractivity contribution in [3.63, 3.8) is 0 Å². The van der Waals surface area contributed by atoms with Gasteiger partial charge in [0.05, 0.1) is 24.5 Å². The Kier molecular flexibility index (Phi) is 6.13. The van der Waals surface area contributed by atoms with E-state index in [1.54, 1.807) is 17.0 Å². The summed E-state index contributed by atoms with van der Waals surface area (Å²) in [4.78, 5) is 27.3. The average molecular weight is 430 g/mol. The molecule has 1 aromatic rings. The molecule has 2 unspecified atom stereocenters. The third kappa shape index (κ3) is 4.46. The lowest BCUT2D eigenvalue weighted by molar-refractivity contribution is -0.136. The zero-order chi connectivity index (χ0) is 22.1. The molecule has 30 heavy (non-hydrogen) atoms. The van der Waals surface area contributed by atoms with Crippen molar-refractivity contribution < 1.29 is 23.5 Å². The van der Waals surface area contributed by atoms with Crippen molar-refractivity contribution in [1.29, 1.82) is 0 Å². The molecule has 1 aliphatic carbocycles. The summed E-state index contributed by atoms with van der Waals surface area (Å²) in [5, 5.41) is -0.0219. The topological polar surface area (TPSA) is 65.1 Å². The van der Waals surface area contributed by atoms with E-state index in [9.17, 15) is 9.59 Å². The normalized spacial score (nSPS) is 21.3. The minimum absolute atomic E-state index is 0.0219. The van der Waals surface area contributed by atoms with Gasteiger partial charge < -0.3 is 18.8 Å². The maximum Gasteiger partial charge on any atom is 0.415 e. The first-order valence-electron chi connectivity index (χ1n) is 10.3. The number of methoxy groups -OCH3 is 1. The summed E-state index contributed by atoms with van der Waals surface area (Å²) in [7, 11) is -0.808. The van der Waals surface area contributed by atoms with Crippen LogP contribution in [0.3, 0.4) is 0 Å². The van der Waals surface area contributed by atoms with E-state index in [1.807, 2.05) is 30.4 Å². The Morgan fingerprint density at radius 1 is 1.10 bits per heavy atom. The predicted molar refractivity (Wildman–Crippen MR) is 118 cm³/mol. The Bertz CT molecular complexity index is 869. The molecule has 0 fully saturated rings. The molecule has 2 heterocycles. The van der Waals surface area contributed by atoms with E-state index in [-0.39, 0.29) is 17.0 Å². The fourth-order valence-corrected chi connectivity index (χ4v) is 4.55. The molecule has 162 valence electrons. The molecule has 0 spiro atoms. The fourth-order valence-electron chi connectivity index (χ4n) is 3.44. The summed E-state index contributed by atoms with van der Waals surface area (Å²) in [5.74, 6) is 0.436. The number of hydrogen-bond donors (Lipinski definition) is 0. The summed E-state index contributed by atoms with van der Waals surface area (Å²) in [6, 6.07) is 8.75.